The number of aryl methyl sites for hydroxylation is 1. The summed E-state index contributed by atoms with van der Waals surface area (Å²) >= 11 is 0. The second kappa shape index (κ2) is 6.24. The minimum atomic E-state index is -0.132. The van der Waals surface area contributed by atoms with Crippen LogP contribution in [0.4, 0.5) is 11.4 Å². The lowest BCUT2D eigenvalue weighted by atomic mass is 10.0. The van der Waals surface area contributed by atoms with Gasteiger partial charge in [-0.15, -0.1) is 0 Å². The first kappa shape index (κ1) is 14.8. The first-order valence-corrected chi connectivity index (χ1v) is 6.86. The highest BCUT2D eigenvalue weighted by Crippen LogP contribution is 2.23. The number of carbonyl (C=O) groups is 1. The molecule has 0 aliphatic carbocycles. The minimum absolute atomic E-state index is 0.0163. The van der Waals surface area contributed by atoms with Gasteiger partial charge in [0.15, 0.2) is 0 Å². The van der Waals surface area contributed by atoms with Gasteiger partial charge in [0.05, 0.1) is 19.1 Å². The lowest BCUT2D eigenvalue weighted by molar-refractivity contribution is -0.120. The summed E-state index contributed by atoms with van der Waals surface area (Å²) in [5.41, 5.74) is 3.05. The number of hydrogen-bond acceptors (Lipinski definition) is 4. The van der Waals surface area contributed by atoms with Crippen molar-refractivity contribution in [1.29, 1.82) is 0 Å². The number of likely N-dealkylation sites (N-methyl/N-ethyl adjacent to an activating group) is 1. The maximum Gasteiger partial charge on any atom is 0.231 e. The van der Waals surface area contributed by atoms with Crippen molar-refractivity contribution in [1.82, 2.24) is 5.32 Å². The Morgan fingerprint density at radius 1 is 1.35 bits per heavy atom. The Morgan fingerprint density at radius 3 is 2.70 bits per heavy atom. The second-order valence-electron chi connectivity index (χ2n) is 5.42. The molecular formula is C15H23N3O2. The van der Waals surface area contributed by atoms with Crippen molar-refractivity contribution in [2.24, 2.45) is 5.92 Å². The van der Waals surface area contributed by atoms with Crippen LogP contribution in [-0.2, 0) is 9.53 Å². The van der Waals surface area contributed by atoms with Gasteiger partial charge in [-0.2, -0.15) is 0 Å². The third kappa shape index (κ3) is 3.11. The maximum absolute atomic E-state index is 12.3. The predicted octanol–water partition coefficient (Wildman–Crippen LogP) is 1.23. The topological polar surface area (TPSA) is 53.6 Å². The molecule has 0 spiro atoms. The molecule has 20 heavy (non-hydrogen) atoms. The van der Waals surface area contributed by atoms with Crippen LogP contribution in [0.5, 0.6) is 0 Å². The zero-order valence-electron chi connectivity index (χ0n) is 12.6. The molecule has 2 atom stereocenters. The normalized spacial score (nSPS) is 21.8. The van der Waals surface area contributed by atoms with Gasteiger partial charge in [-0.25, -0.2) is 0 Å². The van der Waals surface area contributed by atoms with Crippen LogP contribution in [0.2, 0.25) is 0 Å². The van der Waals surface area contributed by atoms with E-state index in [4.69, 9.17) is 4.74 Å². The highest BCUT2D eigenvalue weighted by molar-refractivity contribution is 5.94. The zero-order valence-corrected chi connectivity index (χ0v) is 12.6. The van der Waals surface area contributed by atoms with E-state index in [1.165, 1.54) is 0 Å². The molecule has 0 bridgehead atoms. The van der Waals surface area contributed by atoms with Crippen molar-refractivity contribution in [3.05, 3.63) is 23.8 Å². The van der Waals surface area contributed by atoms with Gasteiger partial charge in [0.2, 0.25) is 5.91 Å². The standard InChI is InChI=1S/C15H23N3O2/c1-10-7-11(18(3)4)5-6-13(10)17-15(19)12-8-20-9-14(12)16-2/h5-7,12,14,16H,8-9H2,1-4H3,(H,17,19). The molecule has 5 heteroatoms. The number of ether oxygens (including phenoxy) is 1. The molecular weight excluding hydrogens is 254 g/mol. The Hall–Kier alpha value is -1.59. The first-order valence-electron chi connectivity index (χ1n) is 6.86. The second-order valence-corrected chi connectivity index (χ2v) is 5.42. The van der Waals surface area contributed by atoms with Gasteiger partial charge in [-0.05, 0) is 37.7 Å². The molecule has 5 nitrogen and oxygen atoms in total. The molecule has 1 saturated heterocycles. The van der Waals surface area contributed by atoms with E-state index in [0.29, 0.717) is 13.2 Å². The molecule has 1 aromatic rings. The number of amides is 1. The third-order valence-corrected chi connectivity index (χ3v) is 3.77. The van der Waals surface area contributed by atoms with Crippen LogP contribution < -0.4 is 15.5 Å². The molecule has 1 fully saturated rings. The average Bonchev–Trinajstić information content (AvgIpc) is 2.89. The zero-order chi connectivity index (χ0) is 14.7. The molecule has 1 aromatic carbocycles. The Bertz CT molecular complexity index is 488. The van der Waals surface area contributed by atoms with E-state index in [1.807, 2.05) is 45.1 Å². The molecule has 1 heterocycles. The smallest absolute Gasteiger partial charge is 0.231 e. The number of carbonyl (C=O) groups excluding carboxylic acids is 1. The van der Waals surface area contributed by atoms with E-state index >= 15 is 0 Å². The summed E-state index contributed by atoms with van der Waals surface area (Å²) in [6.45, 7) is 3.07. The van der Waals surface area contributed by atoms with Gasteiger partial charge < -0.3 is 20.3 Å². The van der Waals surface area contributed by atoms with Crippen LogP contribution in [0.15, 0.2) is 18.2 Å². The molecule has 0 radical (unpaired) electrons. The van der Waals surface area contributed by atoms with Gasteiger partial charge in [0.1, 0.15) is 0 Å². The summed E-state index contributed by atoms with van der Waals surface area (Å²) in [4.78, 5) is 14.4. The van der Waals surface area contributed by atoms with E-state index in [0.717, 1.165) is 16.9 Å². The van der Waals surface area contributed by atoms with Gasteiger partial charge >= 0.3 is 0 Å². The number of nitrogens with zero attached hydrogens (tertiary/aromatic N) is 1. The molecule has 1 aliphatic heterocycles. The molecule has 110 valence electrons. The van der Waals surface area contributed by atoms with Gasteiger partial charge in [0.25, 0.3) is 0 Å². The fraction of sp³-hybridized carbons (Fsp3) is 0.533. The largest absolute Gasteiger partial charge is 0.379 e. The van der Waals surface area contributed by atoms with E-state index < -0.39 is 0 Å². The van der Waals surface area contributed by atoms with Crippen LogP contribution in [0, 0.1) is 12.8 Å². The number of anilines is 2. The Kier molecular flexibility index (Phi) is 4.62. The van der Waals surface area contributed by atoms with Crippen LogP contribution in [0.1, 0.15) is 5.56 Å². The lowest BCUT2D eigenvalue weighted by Crippen LogP contribution is -2.39. The Labute approximate surface area is 120 Å². The highest BCUT2D eigenvalue weighted by atomic mass is 16.5. The molecule has 1 amide bonds. The fourth-order valence-corrected chi connectivity index (χ4v) is 2.39. The molecule has 0 aromatic heterocycles. The maximum atomic E-state index is 12.3. The van der Waals surface area contributed by atoms with Crippen LogP contribution >= 0.6 is 0 Å². The van der Waals surface area contributed by atoms with Crippen molar-refractivity contribution in [3.63, 3.8) is 0 Å². The quantitative estimate of drug-likeness (QED) is 0.869. The van der Waals surface area contributed by atoms with Crippen LogP contribution in [0.25, 0.3) is 0 Å². The molecule has 2 N–H and O–H groups in total. The lowest BCUT2D eigenvalue weighted by Gasteiger charge is -2.19. The van der Waals surface area contributed by atoms with E-state index in [9.17, 15) is 4.79 Å². The molecule has 2 rings (SSSR count). The summed E-state index contributed by atoms with van der Waals surface area (Å²) < 4.78 is 5.37. The van der Waals surface area contributed by atoms with Gasteiger partial charge in [-0.3, -0.25) is 4.79 Å². The third-order valence-electron chi connectivity index (χ3n) is 3.77. The Morgan fingerprint density at radius 2 is 2.10 bits per heavy atom. The first-order chi connectivity index (χ1) is 9.52. The molecule has 2 unspecified atom stereocenters. The summed E-state index contributed by atoms with van der Waals surface area (Å²) in [7, 11) is 5.86. The van der Waals surface area contributed by atoms with Crippen LogP contribution in [0.3, 0.4) is 0 Å². The van der Waals surface area contributed by atoms with E-state index in [1.54, 1.807) is 0 Å². The SMILES string of the molecule is CNC1COCC1C(=O)Nc1ccc(N(C)C)cc1C. The van der Waals surface area contributed by atoms with E-state index in [-0.39, 0.29) is 17.9 Å². The average molecular weight is 277 g/mol. The number of nitrogens with one attached hydrogen (secondary N) is 2. The summed E-state index contributed by atoms with van der Waals surface area (Å²) in [5.74, 6) is -0.115. The van der Waals surface area contributed by atoms with E-state index in [2.05, 4.69) is 16.7 Å². The summed E-state index contributed by atoms with van der Waals surface area (Å²) in [6.07, 6.45) is 0. The van der Waals surface area contributed by atoms with Crippen LogP contribution in [-0.4, -0.2) is 46.3 Å². The van der Waals surface area contributed by atoms with Crippen molar-refractivity contribution in [2.75, 3.05) is 44.6 Å². The minimum Gasteiger partial charge on any atom is -0.379 e. The van der Waals surface area contributed by atoms with Crippen molar-refractivity contribution in [2.45, 2.75) is 13.0 Å². The highest BCUT2D eigenvalue weighted by Gasteiger charge is 2.33. The monoisotopic (exact) mass is 277 g/mol. The summed E-state index contributed by atoms with van der Waals surface area (Å²) in [6, 6.07) is 6.11. The van der Waals surface area contributed by atoms with Gasteiger partial charge in [0, 0.05) is 31.5 Å². The van der Waals surface area contributed by atoms with Crippen molar-refractivity contribution >= 4 is 17.3 Å². The Balaban J connectivity index is 2.08. The molecule has 1 aliphatic rings. The molecule has 0 saturated carbocycles. The van der Waals surface area contributed by atoms with Gasteiger partial charge in [-0.1, -0.05) is 0 Å². The summed E-state index contributed by atoms with van der Waals surface area (Å²) in [5, 5.41) is 6.13. The van der Waals surface area contributed by atoms with Crippen molar-refractivity contribution in [3.8, 4) is 0 Å². The number of hydrogen-bond donors (Lipinski definition) is 2. The predicted molar refractivity (Wildman–Crippen MR) is 81.3 cm³/mol. The van der Waals surface area contributed by atoms with Crippen molar-refractivity contribution < 1.29 is 9.53 Å². The fourth-order valence-electron chi connectivity index (χ4n) is 2.39. The number of benzene rings is 1. The number of rotatable bonds is 4.